The number of benzene rings is 2. The molecule has 0 aliphatic heterocycles. The molecule has 1 unspecified atom stereocenters. The Morgan fingerprint density at radius 2 is 1.72 bits per heavy atom. The molecule has 0 saturated carbocycles. The van der Waals surface area contributed by atoms with E-state index in [0.717, 1.165) is 16.9 Å². The van der Waals surface area contributed by atoms with Gasteiger partial charge < -0.3 is 16.0 Å². The first-order chi connectivity index (χ1) is 12.0. The largest absolute Gasteiger partial charge is 0.328 e. The summed E-state index contributed by atoms with van der Waals surface area (Å²) in [7, 11) is 1.77. The van der Waals surface area contributed by atoms with Crippen LogP contribution in [-0.4, -0.2) is 24.9 Å². The smallest absolute Gasteiger partial charge is 0.231 e. The second-order valence-corrected chi connectivity index (χ2v) is 6.23. The Balaban J connectivity index is 1.89. The van der Waals surface area contributed by atoms with Gasteiger partial charge in [-0.25, -0.2) is 0 Å². The number of rotatable bonds is 7. The SMILES string of the molecule is CC(N)CCC(=O)Nc1ccc(CC(=O)N(C)c2ccccc2)cc1. The standard InChI is InChI=1S/C20H25N3O2/c1-15(21)8-13-19(24)22-17-11-9-16(10-12-17)14-20(25)23(2)18-6-4-3-5-7-18/h3-7,9-12,15H,8,13-14,21H2,1-2H3,(H,22,24). The van der Waals surface area contributed by atoms with Crippen LogP contribution in [0.4, 0.5) is 11.4 Å². The molecule has 5 heteroatoms. The minimum atomic E-state index is -0.0510. The van der Waals surface area contributed by atoms with E-state index in [0.29, 0.717) is 19.3 Å². The van der Waals surface area contributed by atoms with E-state index in [-0.39, 0.29) is 17.9 Å². The maximum Gasteiger partial charge on any atom is 0.231 e. The lowest BCUT2D eigenvalue weighted by Crippen LogP contribution is -2.27. The monoisotopic (exact) mass is 339 g/mol. The lowest BCUT2D eigenvalue weighted by Gasteiger charge is -2.17. The first-order valence-electron chi connectivity index (χ1n) is 8.41. The number of carbonyl (C=O) groups excluding carboxylic acids is 2. The van der Waals surface area contributed by atoms with Crippen LogP contribution in [0.25, 0.3) is 0 Å². The minimum Gasteiger partial charge on any atom is -0.328 e. The third kappa shape index (κ3) is 6.04. The summed E-state index contributed by atoms with van der Waals surface area (Å²) < 4.78 is 0. The molecule has 3 N–H and O–H groups in total. The van der Waals surface area contributed by atoms with Crippen LogP contribution in [0.2, 0.25) is 0 Å². The molecule has 0 saturated heterocycles. The van der Waals surface area contributed by atoms with Crippen LogP contribution in [0.3, 0.4) is 0 Å². The van der Waals surface area contributed by atoms with E-state index >= 15 is 0 Å². The highest BCUT2D eigenvalue weighted by atomic mass is 16.2. The molecule has 0 aromatic heterocycles. The quantitative estimate of drug-likeness (QED) is 0.814. The van der Waals surface area contributed by atoms with Gasteiger partial charge in [-0.2, -0.15) is 0 Å². The van der Waals surface area contributed by atoms with Gasteiger partial charge in [0.2, 0.25) is 11.8 Å². The molecule has 0 fully saturated rings. The Kier molecular flexibility index (Phi) is 6.71. The molecular weight excluding hydrogens is 314 g/mol. The zero-order valence-corrected chi connectivity index (χ0v) is 14.7. The van der Waals surface area contributed by atoms with Crippen LogP contribution in [0.5, 0.6) is 0 Å². The maximum absolute atomic E-state index is 12.4. The van der Waals surface area contributed by atoms with Crippen molar-refractivity contribution in [3.8, 4) is 0 Å². The van der Waals surface area contributed by atoms with Gasteiger partial charge in [0.25, 0.3) is 0 Å². The normalized spacial score (nSPS) is 11.6. The number of anilines is 2. The van der Waals surface area contributed by atoms with E-state index in [2.05, 4.69) is 5.32 Å². The highest BCUT2D eigenvalue weighted by Crippen LogP contribution is 2.15. The molecule has 0 spiro atoms. The number of carbonyl (C=O) groups is 2. The molecule has 2 aromatic rings. The van der Waals surface area contributed by atoms with Crippen LogP contribution in [0.1, 0.15) is 25.3 Å². The van der Waals surface area contributed by atoms with Crippen molar-refractivity contribution in [1.82, 2.24) is 0 Å². The first kappa shape index (κ1) is 18.7. The fourth-order valence-electron chi connectivity index (χ4n) is 2.38. The number of hydrogen-bond acceptors (Lipinski definition) is 3. The molecule has 0 bridgehead atoms. The van der Waals surface area contributed by atoms with Crippen LogP contribution in [-0.2, 0) is 16.0 Å². The number of likely N-dealkylation sites (N-methyl/N-ethyl adjacent to an activating group) is 1. The first-order valence-corrected chi connectivity index (χ1v) is 8.41. The van der Waals surface area contributed by atoms with Gasteiger partial charge >= 0.3 is 0 Å². The Hall–Kier alpha value is -2.66. The molecule has 132 valence electrons. The fourth-order valence-corrected chi connectivity index (χ4v) is 2.38. The van der Waals surface area contributed by atoms with Crippen LogP contribution in [0.15, 0.2) is 54.6 Å². The fraction of sp³-hybridized carbons (Fsp3) is 0.300. The molecule has 2 aromatic carbocycles. The van der Waals surface area contributed by atoms with Crippen molar-refractivity contribution in [1.29, 1.82) is 0 Å². The van der Waals surface area contributed by atoms with E-state index in [1.165, 1.54) is 0 Å². The molecule has 2 rings (SSSR count). The predicted octanol–water partition coefficient (Wildman–Crippen LogP) is 2.96. The van der Waals surface area contributed by atoms with Crippen molar-refractivity contribution in [3.05, 3.63) is 60.2 Å². The van der Waals surface area contributed by atoms with Gasteiger partial charge in [0.05, 0.1) is 6.42 Å². The second-order valence-electron chi connectivity index (χ2n) is 6.23. The Labute approximate surface area is 148 Å². The van der Waals surface area contributed by atoms with Gasteiger partial charge in [-0.1, -0.05) is 30.3 Å². The molecule has 0 heterocycles. The number of nitrogens with zero attached hydrogens (tertiary/aromatic N) is 1. The van der Waals surface area contributed by atoms with Gasteiger partial charge in [-0.05, 0) is 43.2 Å². The summed E-state index contributed by atoms with van der Waals surface area (Å²) in [4.78, 5) is 25.8. The summed E-state index contributed by atoms with van der Waals surface area (Å²) >= 11 is 0. The van der Waals surface area contributed by atoms with Crippen molar-refractivity contribution < 1.29 is 9.59 Å². The van der Waals surface area contributed by atoms with Gasteiger partial charge in [0.1, 0.15) is 0 Å². The van der Waals surface area contributed by atoms with Crippen molar-refractivity contribution >= 4 is 23.2 Å². The van der Waals surface area contributed by atoms with Gasteiger partial charge in [0, 0.05) is 30.9 Å². The Morgan fingerprint density at radius 1 is 1.08 bits per heavy atom. The topological polar surface area (TPSA) is 75.4 Å². The minimum absolute atomic E-state index is 0.0138. The number of hydrogen-bond donors (Lipinski definition) is 2. The van der Waals surface area contributed by atoms with Crippen LogP contribution < -0.4 is 16.0 Å². The average molecular weight is 339 g/mol. The Morgan fingerprint density at radius 3 is 2.32 bits per heavy atom. The van der Waals surface area contributed by atoms with E-state index < -0.39 is 0 Å². The van der Waals surface area contributed by atoms with Crippen molar-refractivity contribution in [2.75, 3.05) is 17.3 Å². The number of nitrogens with two attached hydrogens (primary N) is 1. The van der Waals surface area contributed by atoms with E-state index in [1.807, 2.05) is 61.5 Å². The number of para-hydroxylation sites is 1. The van der Waals surface area contributed by atoms with Crippen molar-refractivity contribution in [2.45, 2.75) is 32.2 Å². The maximum atomic E-state index is 12.4. The predicted molar refractivity (Wildman–Crippen MR) is 102 cm³/mol. The lowest BCUT2D eigenvalue weighted by atomic mass is 10.1. The molecular formula is C20H25N3O2. The highest BCUT2D eigenvalue weighted by molar-refractivity contribution is 5.94. The van der Waals surface area contributed by atoms with E-state index in [9.17, 15) is 9.59 Å². The van der Waals surface area contributed by atoms with Crippen molar-refractivity contribution in [3.63, 3.8) is 0 Å². The summed E-state index contributed by atoms with van der Waals surface area (Å²) in [5, 5.41) is 2.84. The molecule has 25 heavy (non-hydrogen) atoms. The molecule has 0 aliphatic rings. The van der Waals surface area contributed by atoms with Crippen LogP contribution in [0, 0.1) is 0 Å². The summed E-state index contributed by atoms with van der Waals surface area (Å²) in [6, 6.07) is 16.9. The van der Waals surface area contributed by atoms with Gasteiger partial charge in [-0.3, -0.25) is 9.59 Å². The summed E-state index contributed by atoms with van der Waals surface area (Å²) in [5.74, 6) is -0.0372. The van der Waals surface area contributed by atoms with Gasteiger partial charge in [0.15, 0.2) is 0 Å². The van der Waals surface area contributed by atoms with Gasteiger partial charge in [-0.15, -0.1) is 0 Å². The summed E-state index contributed by atoms with van der Waals surface area (Å²) in [6.07, 6.45) is 1.37. The third-order valence-electron chi connectivity index (χ3n) is 3.94. The zero-order valence-electron chi connectivity index (χ0n) is 14.7. The highest BCUT2D eigenvalue weighted by Gasteiger charge is 2.11. The molecule has 1 atom stereocenters. The average Bonchev–Trinajstić information content (AvgIpc) is 2.61. The molecule has 5 nitrogen and oxygen atoms in total. The molecule has 0 radical (unpaired) electrons. The third-order valence-corrected chi connectivity index (χ3v) is 3.94. The number of amides is 2. The van der Waals surface area contributed by atoms with E-state index in [1.54, 1.807) is 11.9 Å². The molecule has 0 aliphatic carbocycles. The van der Waals surface area contributed by atoms with Crippen molar-refractivity contribution in [2.24, 2.45) is 5.73 Å². The lowest BCUT2D eigenvalue weighted by molar-refractivity contribution is -0.118. The van der Waals surface area contributed by atoms with Crippen LogP contribution >= 0.6 is 0 Å². The summed E-state index contributed by atoms with van der Waals surface area (Å²) in [5.41, 5.74) is 8.15. The Bertz CT molecular complexity index is 697. The number of nitrogens with one attached hydrogen (secondary N) is 1. The summed E-state index contributed by atoms with van der Waals surface area (Å²) in [6.45, 7) is 1.88. The molecule has 2 amide bonds. The second kappa shape index (κ2) is 8.99. The zero-order chi connectivity index (χ0) is 18.2. The van der Waals surface area contributed by atoms with E-state index in [4.69, 9.17) is 5.73 Å².